The van der Waals surface area contributed by atoms with E-state index in [1.165, 1.54) is 29.5 Å². The van der Waals surface area contributed by atoms with Crippen LogP contribution in [-0.2, 0) is 11.2 Å². The average Bonchev–Trinajstić information content (AvgIpc) is 3.35. The minimum atomic E-state index is -0.516. The molecule has 0 atom stereocenters. The standard InChI is InChI=1S/C22H16ClN3O4S/c1-2-13-3-6-15(7-4-13)24-22-25-21(27)20(31-22)12-16-8-10-19(30-16)17-9-5-14(23)11-18(17)26(28)29/h3-12H,2H2,1H3,(H,24,25,27)/b20-12-. The van der Waals surface area contributed by atoms with Crippen LogP contribution in [0.3, 0.4) is 0 Å². The molecule has 1 aliphatic rings. The first kappa shape index (κ1) is 20.9. The lowest BCUT2D eigenvalue weighted by Crippen LogP contribution is -2.19. The van der Waals surface area contributed by atoms with Gasteiger partial charge in [0.05, 0.1) is 21.1 Å². The SMILES string of the molecule is CCc1ccc(N=C2NC(=O)/C(=C/c3ccc(-c4ccc(Cl)cc4[N+](=O)[O-])o3)S2)cc1. The predicted octanol–water partition coefficient (Wildman–Crippen LogP) is 5.96. The first-order chi connectivity index (χ1) is 14.9. The van der Waals surface area contributed by atoms with Gasteiger partial charge in [-0.05, 0) is 60.1 Å². The van der Waals surface area contributed by atoms with E-state index in [2.05, 4.69) is 17.2 Å². The Balaban J connectivity index is 1.56. The van der Waals surface area contributed by atoms with Crippen LogP contribution in [0.5, 0.6) is 0 Å². The monoisotopic (exact) mass is 453 g/mol. The first-order valence-corrected chi connectivity index (χ1v) is 10.5. The molecule has 9 heteroatoms. The molecule has 0 spiro atoms. The van der Waals surface area contributed by atoms with Gasteiger partial charge in [0.2, 0.25) is 0 Å². The van der Waals surface area contributed by atoms with E-state index in [1.807, 2.05) is 24.3 Å². The van der Waals surface area contributed by atoms with Gasteiger partial charge in [0.25, 0.3) is 11.6 Å². The summed E-state index contributed by atoms with van der Waals surface area (Å²) < 4.78 is 5.73. The third-order valence-electron chi connectivity index (χ3n) is 4.55. The van der Waals surface area contributed by atoms with Crippen molar-refractivity contribution < 1.29 is 14.1 Å². The molecular weight excluding hydrogens is 438 g/mol. The predicted molar refractivity (Wildman–Crippen MR) is 122 cm³/mol. The fourth-order valence-electron chi connectivity index (χ4n) is 2.97. The molecule has 7 nitrogen and oxygen atoms in total. The second kappa shape index (κ2) is 8.79. The van der Waals surface area contributed by atoms with E-state index in [-0.39, 0.29) is 16.6 Å². The first-order valence-electron chi connectivity index (χ1n) is 9.35. The van der Waals surface area contributed by atoms with E-state index in [1.54, 1.807) is 24.3 Å². The third-order valence-corrected chi connectivity index (χ3v) is 5.69. The van der Waals surface area contributed by atoms with E-state index in [9.17, 15) is 14.9 Å². The van der Waals surface area contributed by atoms with Crippen molar-refractivity contribution in [2.24, 2.45) is 4.99 Å². The maximum Gasteiger partial charge on any atom is 0.281 e. The Morgan fingerprint density at radius 2 is 1.97 bits per heavy atom. The Bertz CT molecular complexity index is 1230. The fraction of sp³-hybridized carbons (Fsp3) is 0.0909. The highest BCUT2D eigenvalue weighted by atomic mass is 35.5. The third kappa shape index (κ3) is 4.70. The van der Waals surface area contributed by atoms with Gasteiger partial charge in [-0.2, -0.15) is 0 Å². The maximum absolute atomic E-state index is 12.3. The summed E-state index contributed by atoms with van der Waals surface area (Å²) in [4.78, 5) is 28.0. The Morgan fingerprint density at radius 3 is 2.68 bits per heavy atom. The summed E-state index contributed by atoms with van der Waals surface area (Å²) in [5.41, 5.74) is 2.11. The molecule has 1 saturated heterocycles. The number of furan rings is 1. The van der Waals surface area contributed by atoms with Gasteiger partial charge < -0.3 is 9.73 Å². The summed E-state index contributed by atoms with van der Waals surface area (Å²) in [6.07, 6.45) is 2.52. The Kier molecular flexibility index (Phi) is 5.92. The largest absolute Gasteiger partial charge is 0.456 e. The molecule has 4 rings (SSSR count). The van der Waals surface area contributed by atoms with Crippen molar-refractivity contribution in [2.75, 3.05) is 0 Å². The van der Waals surface area contributed by atoms with E-state index in [0.29, 0.717) is 27.2 Å². The number of nitro groups is 1. The van der Waals surface area contributed by atoms with Crippen LogP contribution in [0.1, 0.15) is 18.2 Å². The van der Waals surface area contributed by atoms with Crippen molar-refractivity contribution in [3.63, 3.8) is 0 Å². The lowest BCUT2D eigenvalue weighted by atomic mass is 10.1. The zero-order valence-corrected chi connectivity index (χ0v) is 17.9. The molecule has 0 bridgehead atoms. The van der Waals surface area contributed by atoms with Gasteiger partial charge in [0, 0.05) is 17.2 Å². The van der Waals surface area contributed by atoms with Gasteiger partial charge >= 0.3 is 0 Å². The summed E-state index contributed by atoms with van der Waals surface area (Å²) in [7, 11) is 0. The molecule has 0 unspecified atom stereocenters. The lowest BCUT2D eigenvalue weighted by Gasteiger charge is -2.00. The number of halogens is 1. The van der Waals surface area contributed by atoms with E-state index in [4.69, 9.17) is 16.0 Å². The molecule has 31 heavy (non-hydrogen) atoms. The highest BCUT2D eigenvalue weighted by molar-refractivity contribution is 8.18. The smallest absolute Gasteiger partial charge is 0.281 e. The number of nitro benzene ring substituents is 1. The molecule has 1 aliphatic heterocycles. The van der Waals surface area contributed by atoms with Gasteiger partial charge in [-0.25, -0.2) is 4.99 Å². The molecule has 1 amide bonds. The Labute approximate surface area is 187 Å². The van der Waals surface area contributed by atoms with Crippen LogP contribution in [0.25, 0.3) is 17.4 Å². The van der Waals surface area contributed by atoms with E-state index >= 15 is 0 Å². The van der Waals surface area contributed by atoms with Crippen LogP contribution in [0, 0.1) is 10.1 Å². The molecular formula is C22H16ClN3O4S. The molecule has 156 valence electrons. The molecule has 2 heterocycles. The number of hydrogen-bond acceptors (Lipinski definition) is 6. The quantitative estimate of drug-likeness (QED) is 0.292. The second-order valence-corrected chi connectivity index (χ2v) is 8.09. The van der Waals surface area contributed by atoms with Crippen LogP contribution < -0.4 is 5.32 Å². The molecule has 1 N–H and O–H groups in total. The van der Waals surface area contributed by atoms with Crippen LogP contribution in [0.2, 0.25) is 5.02 Å². The van der Waals surface area contributed by atoms with Gasteiger partial charge in [-0.1, -0.05) is 30.7 Å². The van der Waals surface area contributed by atoms with Gasteiger partial charge in [0.15, 0.2) is 5.17 Å². The maximum atomic E-state index is 12.3. The topological polar surface area (TPSA) is 97.7 Å². The molecule has 0 radical (unpaired) electrons. The van der Waals surface area contributed by atoms with Crippen molar-refractivity contribution in [2.45, 2.75) is 13.3 Å². The zero-order valence-electron chi connectivity index (χ0n) is 16.3. The number of benzene rings is 2. The number of amides is 1. The van der Waals surface area contributed by atoms with Crippen molar-refractivity contribution in [1.29, 1.82) is 0 Å². The minimum absolute atomic E-state index is 0.155. The molecule has 3 aromatic rings. The number of thioether (sulfide) groups is 1. The van der Waals surface area contributed by atoms with E-state index in [0.717, 1.165) is 12.1 Å². The van der Waals surface area contributed by atoms with Crippen LogP contribution in [0.4, 0.5) is 11.4 Å². The number of carbonyl (C=O) groups excluding carboxylic acids is 1. The van der Waals surface area contributed by atoms with Gasteiger partial charge in [-0.15, -0.1) is 0 Å². The van der Waals surface area contributed by atoms with Crippen LogP contribution in [-0.4, -0.2) is 16.0 Å². The molecule has 2 aromatic carbocycles. The summed E-state index contributed by atoms with van der Waals surface area (Å²) in [5, 5.41) is 14.8. The molecule has 1 aromatic heterocycles. The fourth-order valence-corrected chi connectivity index (χ4v) is 3.96. The number of nitrogens with zero attached hydrogens (tertiary/aromatic N) is 2. The Morgan fingerprint density at radius 1 is 1.19 bits per heavy atom. The normalized spacial score (nSPS) is 16.1. The summed E-state index contributed by atoms with van der Waals surface area (Å²) in [5.74, 6) is 0.415. The number of hydrogen-bond donors (Lipinski definition) is 1. The number of carbonyl (C=O) groups is 1. The van der Waals surface area contributed by atoms with E-state index < -0.39 is 4.92 Å². The molecule has 1 fully saturated rings. The van der Waals surface area contributed by atoms with Crippen molar-refractivity contribution in [3.05, 3.63) is 86.0 Å². The number of aryl methyl sites for hydroxylation is 1. The van der Waals surface area contributed by atoms with Gasteiger partial charge in [0.1, 0.15) is 11.5 Å². The Hall–Kier alpha value is -3.36. The number of amidine groups is 1. The average molecular weight is 454 g/mol. The minimum Gasteiger partial charge on any atom is -0.456 e. The summed E-state index contributed by atoms with van der Waals surface area (Å²) in [6, 6.07) is 15.4. The van der Waals surface area contributed by atoms with Crippen molar-refractivity contribution in [3.8, 4) is 11.3 Å². The zero-order chi connectivity index (χ0) is 22.0. The second-order valence-electron chi connectivity index (χ2n) is 6.62. The molecule has 0 aliphatic carbocycles. The number of nitrogens with one attached hydrogen (secondary N) is 1. The van der Waals surface area contributed by atoms with Gasteiger partial charge in [-0.3, -0.25) is 14.9 Å². The van der Waals surface area contributed by atoms with Crippen molar-refractivity contribution in [1.82, 2.24) is 5.32 Å². The van der Waals surface area contributed by atoms with Crippen LogP contribution in [0.15, 0.2) is 68.9 Å². The summed E-state index contributed by atoms with van der Waals surface area (Å²) >= 11 is 7.06. The lowest BCUT2D eigenvalue weighted by molar-refractivity contribution is -0.384. The van der Waals surface area contributed by atoms with Crippen LogP contribution >= 0.6 is 23.4 Å². The summed E-state index contributed by atoms with van der Waals surface area (Å²) in [6.45, 7) is 2.08. The number of aliphatic imine (C=N–C) groups is 1. The highest BCUT2D eigenvalue weighted by Crippen LogP contribution is 2.35. The highest BCUT2D eigenvalue weighted by Gasteiger charge is 2.25. The van der Waals surface area contributed by atoms with Crippen molar-refractivity contribution >= 4 is 51.9 Å². The molecule has 0 saturated carbocycles. The number of rotatable bonds is 5.